The Morgan fingerprint density at radius 3 is 1.81 bits per heavy atom. The number of methoxy groups -OCH3 is 3. The van der Waals surface area contributed by atoms with Crippen LogP contribution in [0, 0.1) is 0 Å². The maximum atomic E-state index is 12.6. The number of rotatable bonds is 10. The van der Waals surface area contributed by atoms with Gasteiger partial charge in [-0.25, -0.2) is 0 Å². The third-order valence-electron chi connectivity index (χ3n) is 4.80. The Balaban J connectivity index is 1.65. The molecule has 3 aromatic carbocycles. The van der Waals surface area contributed by atoms with Crippen LogP contribution >= 0.6 is 11.8 Å². The Morgan fingerprint density at radius 2 is 1.35 bits per heavy atom. The van der Waals surface area contributed by atoms with E-state index in [1.807, 2.05) is 48.5 Å². The molecule has 0 aliphatic rings. The van der Waals surface area contributed by atoms with Gasteiger partial charge in [-0.05, 0) is 28.8 Å². The second kappa shape index (κ2) is 11.3. The van der Waals surface area contributed by atoms with Crippen LogP contribution in [0.2, 0.25) is 0 Å². The summed E-state index contributed by atoms with van der Waals surface area (Å²) in [4.78, 5) is 12.6. The van der Waals surface area contributed by atoms with Crippen molar-refractivity contribution in [2.45, 2.75) is 11.8 Å². The lowest BCUT2D eigenvalue weighted by Gasteiger charge is -2.18. The van der Waals surface area contributed by atoms with Crippen molar-refractivity contribution >= 4 is 17.7 Å². The van der Waals surface area contributed by atoms with E-state index >= 15 is 0 Å². The number of carbonyl (C=O) groups excluding carboxylic acids is 1. The average Bonchev–Trinajstić information content (AvgIpc) is 2.83. The predicted octanol–water partition coefficient (Wildman–Crippen LogP) is 4.85. The molecule has 0 aliphatic heterocycles. The molecule has 1 N–H and O–H groups in total. The molecule has 6 heteroatoms. The molecule has 1 amide bonds. The summed E-state index contributed by atoms with van der Waals surface area (Å²) in [5, 5.41) is 3.08. The molecule has 0 heterocycles. The van der Waals surface area contributed by atoms with Crippen molar-refractivity contribution < 1.29 is 19.0 Å². The molecular weight excluding hydrogens is 410 g/mol. The quantitative estimate of drug-likeness (QED) is 0.491. The fourth-order valence-electron chi connectivity index (χ4n) is 3.29. The number of hydrogen-bond donors (Lipinski definition) is 1. The van der Waals surface area contributed by atoms with Crippen LogP contribution in [0.15, 0.2) is 72.8 Å². The molecule has 5 nitrogen and oxygen atoms in total. The van der Waals surface area contributed by atoms with Gasteiger partial charge in [-0.1, -0.05) is 60.7 Å². The van der Waals surface area contributed by atoms with E-state index in [9.17, 15) is 4.79 Å². The maximum absolute atomic E-state index is 12.6. The van der Waals surface area contributed by atoms with Crippen molar-refractivity contribution in [1.29, 1.82) is 0 Å². The Hall–Kier alpha value is -3.12. The van der Waals surface area contributed by atoms with Crippen LogP contribution in [0.25, 0.3) is 0 Å². The van der Waals surface area contributed by atoms with E-state index in [-0.39, 0.29) is 11.2 Å². The lowest BCUT2D eigenvalue weighted by Crippen LogP contribution is -2.25. The standard InChI is InChI=1S/C25H27NO4S/c1-28-21-14-18(15-22(29-2)24(21)30-3)16-26-23(27)17-31-25(19-10-6-4-7-11-19)20-12-8-5-9-13-20/h4-15,25H,16-17H2,1-3H3,(H,26,27). The SMILES string of the molecule is COc1cc(CNC(=O)CSC(c2ccccc2)c2ccccc2)cc(OC)c1OC. The van der Waals surface area contributed by atoms with E-state index < -0.39 is 0 Å². The Morgan fingerprint density at radius 1 is 0.839 bits per heavy atom. The van der Waals surface area contributed by atoms with Crippen LogP contribution in [0.5, 0.6) is 17.2 Å². The highest BCUT2D eigenvalue weighted by Crippen LogP contribution is 2.38. The van der Waals surface area contributed by atoms with Gasteiger partial charge in [-0.15, -0.1) is 11.8 Å². The summed E-state index contributed by atoms with van der Waals surface area (Å²) in [5.41, 5.74) is 3.22. The summed E-state index contributed by atoms with van der Waals surface area (Å²) in [6.45, 7) is 0.372. The van der Waals surface area contributed by atoms with Crippen LogP contribution in [-0.4, -0.2) is 33.0 Å². The normalized spacial score (nSPS) is 10.6. The average molecular weight is 438 g/mol. The van der Waals surface area contributed by atoms with Gasteiger partial charge in [0.1, 0.15) is 0 Å². The molecule has 0 atom stereocenters. The van der Waals surface area contributed by atoms with Crippen molar-refractivity contribution in [3.8, 4) is 17.2 Å². The molecule has 0 fully saturated rings. The number of benzene rings is 3. The zero-order valence-corrected chi connectivity index (χ0v) is 18.8. The summed E-state index contributed by atoms with van der Waals surface area (Å²) in [6.07, 6.45) is 0. The van der Waals surface area contributed by atoms with Gasteiger partial charge in [0.05, 0.1) is 32.3 Å². The van der Waals surface area contributed by atoms with Crippen LogP contribution in [0.1, 0.15) is 21.9 Å². The monoisotopic (exact) mass is 437 g/mol. The summed E-state index contributed by atoms with van der Waals surface area (Å²) in [5.74, 6) is 1.97. The molecule has 0 aromatic heterocycles. The van der Waals surface area contributed by atoms with Crippen molar-refractivity contribution in [3.63, 3.8) is 0 Å². The fourth-order valence-corrected chi connectivity index (χ4v) is 4.41. The van der Waals surface area contributed by atoms with Crippen molar-refractivity contribution in [3.05, 3.63) is 89.5 Å². The zero-order chi connectivity index (χ0) is 22.1. The maximum Gasteiger partial charge on any atom is 0.230 e. The highest BCUT2D eigenvalue weighted by Gasteiger charge is 2.17. The number of carbonyl (C=O) groups is 1. The van der Waals surface area contributed by atoms with Gasteiger partial charge in [0.15, 0.2) is 11.5 Å². The van der Waals surface area contributed by atoms with Gasteiger partial charge in [-0.3, -0.25) is 4.79 Å². The van der Waals surface area contributed by atoms with Crippen molar-refractivity contribution in [1.82, 2.24) is 5.32 Å². The fraction of sp³-hybridized carbons (Fsp3) is 0.240. The van der Waals surface area contributed by atoms with Gasteiger partial charge in [0.25, 0.3) is 0 Å². The molecule has 31 heavy (non-hydrogen) atoms. The molecular formula is C25H27NO4S. The molecule has 0 saturated heterocycles. The molecule has 0 saturated carbocycles. The van der Waals surface area contributed by atoms with Crippen molar-refractivity contribution in [2.24, 2.45) is 0 Å². The first kappa shape index (κ1) is 22.6. The van der Waals surface area contributed by atoms with Crippen molar-refractivity contribution in [2.75, 3.05) is 27.1 Å². The molecule has 3 aromatic rings. The highest BCUT2D eigenvalue weighted by molar-refractivity contribution is 8.00. The van der Waals surface area contributed by atoms with E-state index in [4.69, 9.17) is 14.2 Å². The van der Waals surface area contributed by atoms with Crippen LogP contribution in [0.4, 0.5) is 0 Å². The van der Waals surface area contributed by atoms with Gasteiger partial charge >= 0.3 is 0 Å². The van der Waals surface area contributed by atoms with Gasteiger partial charge in [0, 0.05) is 6.54 Å². The first-order valence-corrected chi connectivity index (χ1v) is 11.0. The van der Waals surface area contributed by atoms with Crippen LogP contribution in [0.3, 0.4) is 0 Å². The zero-order valence-electron chi connectivity index (χ0n) is 18.0. The third-order valence-corrected chi connectivity index (χ3v) is 6.11. The summed E-state index contributed by atoms with van der Waals surface area (Å²) >= 11 is 1.61. The highest BCUT2D eigenvalue weighted by atomic mass is 32.2. The molecule has 0 radical (unpaired) electrons. The minimum Gasteiger partial charge on any atom is -0.493 e. The Bertz CT molecular complexity index is 915. The lowest BCUT2D eigenvalue weighted by molar-refractivity contribution is -0.118. The van der Waals surface area contributed by atoms with E-state index in [0.717, 1.165) is 5.56 Å². The van der Waals surface area contributed by atoms with Gasteiger partial charge in [-0.2, -0.15) is 0 Å². The summed E-state index contributed by atoms with van der Waals surface area (Å²) in [6, 6.07) is 24.2. The topological polar surface area (TPSA) is 56.8 Å². The predicted molar refractivity (Wildman–Crippen MR) is 125 cm³/mol. The minimum absolute atomic E-state index is 0.0318. The van der Waals surface area contributed by atoms with Crippen LogP contribution in [-0.2, 0) is 11.3 Å². The molecule has 0 bridgehead atoms. The number of amides is 1. The molecule has 0 aliphatic carbocycles. The largest absolute Gasteiger partial charge is 0.493 e. The number of hydrogen-bond acceptors (Lipinski definition) is 5. The number of nitrogens with one attached hydrogen (secondary N) is 1. The molecule has 3 rings (SSSR count). The molecule has 0 spiro atoms. The van der Waals surface area contributed by atoms with E-state index in [1.54, 1.807) is 33.1 Å². The smallest absolute Gasteiger partial charge is 0.230 e. The first-order chi connectivity index (χ1) is 15.2. The molecule has 162 valence electrons. The number of ether oxygens (including phenoxy) is 3. The van der Waals surface area contributed by atoms with Crippen LogP contribution < -0.4 is 19.5 Å². The number of thioether (sulfide) groups is 1. The van der Waals surface area contributed by atoms with E-state index in [1.165, 1.54) is 11.1 Å². The first-order valence-electron chi connectivity index (χ1n) is 9.93. The summed E-state index contributed by atoms with van der Waals surface area (Å²) in [7, 11) is 4.71. The minimum atomic E-state index is -0.0318. The Kier molecular flexibility index (Phi) is 8.24. The lowest BCUT2D eigenvalue weighted by atomic mass is 10.0. The molecule has 0 unspecified atom stereocenters. The van der Waals surface area contributed by atoms with Gasteiger partial charge < -0.3 is 19.5 Å². The second-order valence-corrected chi connectivity index (χ2v) is 7.92. The van der Waals surface area contributed by atoms with E-state index in [2.05, 4.69) is 29.6 Å². The second-order valence-electron chi connectivity index (χ2n) is 6.82. The van der Waals surface area contributed by atoms with Gasteiger partial charge in [0.2, 0.25) is 11.7 Å². The third kappa shape index (κ3) is 5.95. The van der Waals surface area contributed by atoms with E-state index in [0.29, 0.717) is 29.5 Å². The summed E-state index contributed by atoms with van der Waals surface area (Å²) < 4.78 is 16.1. The Labute approximate surface area is 187 Å².